The van der Waals surface area contributed by atoms with Gasteiger partial charge in [0.2, 0.25) is 0 Å². The highest BCUT2D eigenvalue weighted by atomic mass is 16.5. The third-order valence-electron chi connectivity index (χ3n) is 3.28. The molecule has 0 amide bonds. The van der Waals surface area contributed by atoms with E-state index in [0.717, 1.165) is 31.9 Å². The smallest absolute Gasteiger partial charge is 0.123 e. The Balaban J connectivity index is 2.21. The molecule has 0 aliphatic carbocycles. The highest BCUT2D eigenvalue weighted by Gasteiger charge is 2.05. The molecule has 0 fully saturated rings. The Labute approximate surface area is 118 Å². The lowest BCUT2D eigenvalue weighted by Gasteiger charge is -2.18. The molecule has 3 nitrogen and oxygen atoms in total. The van der Waals surface area contributed by atoms with Crippen LogP contribution in [-0.2, 0) is 6.54 Å². The number of hydrogen-bond acceptors (Lipinski definition) is 3. The fourth-order valence-electron chi connectivity index (χ4n) is 2.19. The van der Waals surface area contributed by atoms with E-state index in [2.05, 4.69) is 36.3 Å². The minimum Gasteiger partial charge on any atom is -0.496 e. The van der Waals surface area contributed by atoms with Crippen molar-refractivity contribution in [2.75, 3.05) is 33.8 Å². The van der Waals surface area contributed by atoms with Gasteiger partial charge in [-0.3, -0.25) is 0 Å². The average Bonchev–Trinajstić information content (AvgIpc) is 2.43. The third-order valence-corrected chi connectivity index (χ3v) is 3.28. The Kier molecular flexibility index (Phi) is 8.26. The maximum absolute atomic E-state index is 5.38. The highest BCUT2D eigenvalue weighted by molar-refractivity contribution is 5.32. The van der Waals surface area contributed by atoms with Crippen molar-refractivity contribution in [1.82, 2.24) is 10.2 Å². The minimum absolute atomic E-state index is 0.956. The van der Waals surface area contributed by atoms with Gasteiger partial charge in [0.25, 0.3) is 0 Å². The van der Waals surface area contributed by atoms with E-state index in [1.54, 1.807) is 7.11 Å². The third kappa shape index (κ3) is 6.60. The maximum Gasteiger partial charge on any atom is 0.123 e. The van der Waals surface area contributed by atoms with Crippen LogP contribution in [0.15, 0.2) is 24.3 Å². The Morgan fingerprint density at radius 1 is 1.16 bits per heavy atom. The van der Waals surface area contributed by atoms with Gasteiger partial charge in [0.1, 0.15) is 5.75 Å². The molecule has 0 unspecified atom stereocenters. The van der Waals surface area contributed by atoms with Gasteiger partial charge in [0.15, 0.2) is 0 Å². The van der Waals surface area contributed by atoms with Crippen LogP contribution in [-0.4, -0.2) is 38.7 Å². The van der Waals surface area contributed by atoms with Crippen molar-refractivity contribution in [2.24, 2.45) is 0 Å². The van der Waals surface area contributed by atoms with Gasteiger partial charge in [-0.05, 0) is 45.6 Å². The van der Waals surface area contributed by atoms with Crippen molar-refractivity contribution < 1.29 is 4.74 Å². The normalized spacial score (nSPS) is 10.9. The molecule has 0 spiro atoms. The second kappa shape index (κ2) is 9.82. The van der Waals surface area contributed by atoms with E-state index in [-0.39, 0.29) is 0 Å². The molecule has 0 aliphatic heterocycles. The summed E-state index contributed by atoms with van der Waals surface area (Å²) in [5, 5.41) is 3.36. The Morgan fingerprint density at radius 3 is 2.68 bits per heavy atom. The lowest BCUT2D eigenvalue weighted by atomic mass is 10.1. The topological polar surface area (TPSA) is 24.5 Å². The van der Waals surface area contributed by atoms with Gasteiger partial charge in [-0.15, -0.1) is 0 Å². The Hall–Kier alpha value is -1.06. The first-order valence-corrected chi connectivity index (χ1v) is 7.29. The van der Waals surface area contributed by atoms with E-state index >= 15 is 0 Å². The molecule has 0 saturated carbocycles. The molecule has 1 aromatic rings. The summed E-state index contributed by atoms with van der Waals surface area (Å²) in [6.45, 7) is 6.48. The second-order valence-electron chi connectivity index (χ2n) is 4.96. The van der Waals surface area contributed by atoms with Crippen molar-refractivity contribution in [1.29, 1.82) is 0 Å². The Morgan fingerprint density at radius 2 is 1.95 bits per heavy atom. The number of nitrogens with one attached hydrogen (secondary N) is 1. The summed E-state index contributed by atoms with van der Waals surface area (Å²) in [4.78, 5) is 2.37. The number of methoxy groups -OCH3 is 1. The van der Waals surface area contributed by atoms with Crippen LogP contribution in [0.3, 0.4) is 0 Å². The summed E-state index contributed by atoms with van der Waals surface area (Å²) in [6.07, 6.45) is 3.83. The van der Waals surface area contributed by atoms with Gasteiger partial charge in [-0.25, -0.2) is 0 Å². The summed E-state index contributed by atoms with van der Waals surface area (Å²) in [5.74, 6) is 0.987. The van der Waals surface area contributed by atoms with E-state index in [4.69, 9.17) is 4.74 Å². The average molecular weight is 264 g/mol. The number of unbranched alkanes of at least 4 members (excludes halogenated alkanes) is 2. The first kappa shape index (κ1) is 16.0. The largest absolute Gasteiger partial charge is 0.496 e. The zero-order chi connectivity index (χ0) is 13.9. The van der Waals surface area contributed by atoms with E-state index in [9.17, 15) is 0 Å². The maximum atomic E-state index is 5.38. The van der Waals surface area contributed by atoms with Gasteiger partial charge in [-0.1, -0.05) is 31.5 Å². The molecule has 0 heterocycles. The van der Waals surface area contributed by atoms with Crippen LogP contribution in [0, 0.1) is 0 Å². The summed E-state index contributed by atoms with van der Waals surface area (Å²) >= 11 is 0. The molecular weight excluding hydrogens is 236 g/mol. The van der Waals surface area contributed by atoms with Gasteiger partial charge in [0, 0.05) is 12.1 Å². The monoisotopic (exact) mass is 264 g/mol. The van der Waals surface area contributed by atoms with E-state index in [0.29, 0.717) is 0 Å². The molecule has 1 N–H and O–H groups in total. The van der Waals surface area contributed by atoms with Gasteiger partial charge < -0.3 is 15.0 Å². The summed E-state index contributed by atoms with van der Waals surface area (Å²) < 4.78 is 5.38. The van der Waals surface area contributed by atoms with Crippen molar-refractivity contribution in [2.45, 2.75) is 32.7 Å². The zero-order valence-electron chi connectivity index (χ0n) is 12.6. The van der Waals surface area contributed by atoms with Crippen LogP contribution in [0.25, 0.3) is 0 Å². The van der Waals surface area contributed by atoms with Crippen LogP contribution < -0.4 is 10.1 Å². The van der Waals surface area contributed by atoms with Gasteiger partial charge in [-0.2, -0.15) is 0 Å². The van der Waals surface area contributed by atoms with Crippen LogP contribution in [0.1, 0.15) is 31.7 Å². The molecule has 0 aromatic heterocycles. The van der Waals surface area contributed by atoms with Crippen molar-refractivity contribution >= 4 is 0 Å². The van der Waals surface area contributed by atoms with Crippen molar-refractivity contribution in [3.8, 4) is 5.75 Å². The lowest BCUT2D eigenvalue weighted by molar-refractivity contribution is 0.309. The highest BCUT2D eigenvalue weighted by Crippen LogP contribution is 2.18. The van der Waals surface area contributed by atoms with E-state index in [1.807, 2.05) is 12.1 Å². The molecule has 1 aromatic carbocycles. The number of para-hydroxylation sites is 1. The summed E-state index contributed by atoms with van der Waals surface area (Å²) in [6, 6.07) is 8.26. The summed E-state index contributed by atoms with van der Waals surface area (Å²) in [7, 11) is 3.91. The second-order valence-corrected chi connectivity index (χ2v) is 4.96. The standard InChI is InChI=1S/C16H28N2O/c1-4-17-12-8-5-9-13-18(2)14-15-10-6-7-11-16(15)19-3/h6-7,10-11,17H,4-5,8-9,12-14H2,1-3H3. The van der Waals surface area contributed by atoms with Crippen LogP contribution >= 0.6 is 0 Å². The van der Waals surface area contributed by atoms with Crippen LogP contribution in [0.2, 0.25) is 0 Å². The molecule has 1 rings (SSSR count). The van der Waals surface area contributed by atoms with Crippen LogP contribution in [0.5, 0.6) is 5.75 Å². The van der Waals surface area contributed by atoms with Crippen LogP contribution in [0.4, 0.5) is 0 Å². The molecule has 0 radical (unpaired) electrons. The van der Waals surface area contributed by atoms with E-state index in [1.165, 1.54) is 24.8 Å². The number of nitrogens with zero attached hydrogens (tertiary/aromatic N) is 1. The molecule has 0 bridgehead atoms. The summed E-state index contributed by atoms with van der Waals surface area (Å²) in [5.41, 5.74) is 1.26. The SMILES string of the molecule is CCNCCCCCN(C)Cc1ccccc1OC. The lowest BCUT2D eigenvalue weighted by Crippen LogP contribution is -2.20. The first-order valence-electron chi connectivity index (χ1n) is 7.29. The molecular formula is C16H28N2O. The van der Waals surface area contributed by atoms with Crippen molar-refractivity contribution in [3.05, 3.63) is 29.8 Å². The zero-order valence-corrected chi connectivity index (χ0v) is 12.6. The van der Waals surface area contributed by atoms with E-state index < -0.39 is 0 Å². The van der Waals surface area contributed by atoms with Gasteiger partial charge in [0.05, 0.1) is 7.11 Å². The molecule has 0 aliphatic rings. The fourth-order valence-corrected chi connectivity index (χ4v) is 2.19. The first-order chi connectivity index (χ1) is 9.27. The number of hydrogen-bond donors (Lipinski definition) is 1. The molecule has 108 valence electrons. The number of rotatable bonds is 10. The minimum atomic E-state index is 0.956. The predicted octanol–water partition coefficient (Wildman–Crippen LogP) is 2.91. The molecule has 0 saturated heterocycles. The van der Waals surface area contributed by atoms with Gasteiger partial charge >= 0.3 is 0 Å². The Bertz CT molecular complexity index is 341. The number of ether oxygens (including phenoxy) is 1. The molecule has 3 heteroatoms. The van der Waals surface area contributed by atoms with Crippen molar-refractivity contribution in [3.63, 3.8) is 0 Å². The molecule has 0 atom stereocenters. The quantitative estimate of drug-likeness (QED) is 0.658. The predicted molar refractivity (Wildman–Crippen MR) is 81.7 cm³/mol. The molecule has 19 heavy (non-hydrogen) atoms. The number of benzene rings is 1. The fraction of sp³-hybridized carbons (Fsp3) is 0.625.